The average Bonchev–Trinajstić information content (AvgIpc) is 3.05. The van der Waals surface area contributed by atoms with Gasteiger partial charge in [-0.3, -0.25) is 9.69 Å². The molecule has 27 heavy (non-hydrogen) atoms. The van der Waals surface area contributed by atoms with Crippen molar-refractivity contribution < 1.29 is 14.1 Å². The third-order valence-electron chi connectivity index (χ3n) is 4.75. The van der Waals surface area contributed by atoms with E-state index in [1.54, 1.807) is 25.3 Å². The number of likely N-dealkylation sites (tertiary alicyclic amines) is 1. The van der Waals surface area contributed by atoms with Crippen molar-refractivity contribution >= 4 is 23.2 Å². The fraction of sp³-hybridized carbons (Fsp3) is 0.526. The molecule has 7 nitrogen and oxygen atoms in total. The molecule has 1 saturated heterocycles. The number of amides is 1. The Labute approximate surface area is 164 Å². The molecular formula is C19H25ClN4O3. The first kappa shape index (κ1) is 19.6. The van der Waals surface area contributed by atoms with E-state index in [4.69, 9.17) is 20.9 Å². The average molecular weight is 393 g/mol. The van der Waals surface area contributed by atoms with Crippen molar-refractivity contribution in [2.24, 2.45) is 5.92 Å². The first-order valence-electron chi connectivity index (χ1n) is 9.18. The van der Waals surface area contributed by atoms with E-state index < -0.39 is 0 Å². The van der Waals surface area contributed by atoms with E-state index >= 15 is 0 Å². The summed E-state index contributed by atoms with van der Waals surface area (Å²) in [5.41, 5.74) is 0.683. The fourth-order valence-electron chi connectivity index (χ4n) is 3.43. The molecule has 8 heteroatoms. The number of nitrogens with zero attached hydrogens (tertiary/aromatic N) is 3. The molecule has 1 atom stereocenters. The predicted molar refractivity (Wildman–Crippen MR) is 103 cm³/mol. The van der Waals surface area contributed by atoms with Crippen molar-refractivity contribution in [3.05, 3.63) is 34.9 Å². The SMILES string of the molecule is COc1ccc(NC(=O)CCC2CCCN(Cc3nc(C)no3)C2)cc1Cl. The Hall–Kier alpha value is -2.12. The first-order chi connectivity index (χ1) is 13.0. The third-order valence-corrected chi connectivity index (χ3v) is 5.04. The van der Waals surface area contributed by atoms with E-state index in [9.17, 15) is 4.79 Å². The number of benzene rings is 1. The Kier molecular flexibility index (Phi) is 6.68. The Balaban J connectivity index is 1.44. The predicted octanol–water partition coefficient (Wildman–Crippen LogP) is 3.67. The number of aromatic nitrogens is 2. The molecule has 0 aliphatic carbocycles. The van der Waals surface area contributed by atoms with Gasteiger partial charge < -0.3 is 14.6 Å². The van der Waals surface area contributed by atoms with Gasteiger partial charge in [0, 0.05) is 18.7 Å². The number of carbonyl (C=O) groups excluding carboxylic acids is 1. The molecule has 0 saturated carbocycles. The first-order valence-corrected chi connectivity index (χ1v) is 9.56. The van der Waals surface area contributed by atoms with E-state index in [1.807, 2.05) is 6.92 Å². The van der Waals surface area contributed by atoms with E-state index in [0.717, 1.165) is 32.4 Å². The number of ether oxygens (including phenoxy) is 1. The second-order valence-corrected chi connectivity index (χ2v) is 7.32. The zero-order chi connectivity index (χ0) is 19.2. The molecular weight excluding hydrogens is 368 g/mol. The highest BCUT2D eigenvalue weighted by Gasteiger charge is 2.22. The van der Waals surface area contributed by atoms with Gasteiger partial charge in [-0.2, -0.15) is 4.98 Å². The molecule has 3 rings (SSSR count). The minimum absolute atomic E-state index is 0.000818. The maximum Gasteiger partial charge on any atom is 0.240 e. The van der Waals surface area contributed by atoms with Crippen LogP contribution in [0.15, 0.2) is 22.7 Å². The Morgan fingerprint density at radius 3 is 3.04 bits per heavy atom. The van der Waals surface area contributed by atoms with Crippen LogP contribution in [0.2, 0.25) is 5.02 Å². The maximum absolute atomic E-state index is 12.3. The quantitative estimate of drug-likeness (QED) is 0.774. The van der Waals surface area contributed by atoms with Gasteiger partial charge in [0.25, 0.3) is 0 Å². The van der Waals surface area contributed by atoms with Crippen molar-refractivity contribution in [2.45, 2.75) is 39.2 Å². The Morgan fingerprint density at radius 2 is 2.33 bits per heavy atom. The Bertz CT molecular complexity index is 780. The van der Waals surface area contributed by atoms with Crippen molar-refractivity contribution in [3.8, 4) is 5.75 Å². The van der Waals surface area contributed by atoms with E-state index in [1.165, 1.54) is 0 Å². The minimum atomic E-state index is 0.000818. The van der Waals surface area contributed by atoms with Crippen LogP contribution in [-0.2, 0) is 11.3 Å². The zero-order valence-electron chi connectivity index (χ0n) is 15.7. The highest BCUT2D eigenvalue weighted by Crippen LogP contribution is 2.27. The van der Waals surface area contributed by atoms with Gasteiger partial charge in [0.1, 0.15) is 5.75 Å². The summed E-state index contributed by atoms with van der Waals surface area (Å²) in [4.78, 5) is 18.9. The molecule has 0 bridgehead atoms. The van der Waals surface area contributed by atoms with Gasteiger partial charge >= 0.3 is 0 Å². The summed E-state index contributed by atoms with van der Waals surface area (Å²) in [6.45, 7) is 4.46. The van der Waals surface area contributed by atoms with Gasteiger partial charge in [-0.15, -0.1) is 0 Å². The summed E-state index contributed by atoms with van der Waals surface area (Å²) in [5.74, 6) is 2.40. The lowest BCUT2D eigenvalue weighted by Gasteiger charge is -2.31. The number of methoxy groups -OCH3 is 1. The lowest BCUT2D eigenvalue weighted by Crippen LogP contribution is -2.35. The molecule has 1 aromatic heterocycles. The number of nitrogens with one attached hydrogen (secondary N) is 1. The number of piperidine rings is 1. The van der Waals surface area contributed by atoms with Gasteiger partial charge in [0.05, 0.1) is 18.7 Å². The largest absolute Gasteiger partial charge is 0.495 e. The van der Waals surface area contributed by atoms with Crippen molar-refractivity contribution in [2.75, 3.05) is 25.5 Å². The monoisotopic (exact) mass is 392 g/mol. The molecule has 146 valence electrons. The lowest BCUT2D eigenvalue weighted by atomic mass is 9.93. The molecule has 1 unspecified atom stereocenters. The summed E-state index contributed by atoms with van der Waals surface area (Å²) >= 11 is 6.10. The van der Waals surface area contributed by atoms with E-state index in [-0.39, 0.29) is 5.91 Å². The second-order valence-electron chi connectivity index (χ2n) is 6.91. The van der Waals surface area contributed by atoms with Gasteiger partial charge in [-0.1, -0.05) is 16.8 Å². The van der Waals surface area contributed by atoms with Crippen LogP contribution in [-0.4, -0.2) is 41.1 Å². The number of rotatable bonds is 7. The molecule has 1 amide bonds. The summed E-state index contributed by atoms with van der Waals surface area (Å²) in [6.07, 6.45) is 3.60. The molecule has 1 fully saturated rings. The normalized spacial score (nSPS) is 17.7. The summed E-state index contributed by atoms with van der Waals surface area (Å²) in [6, 6.07) is 5.24. The fourth-order valence-corrected chi connectivity index (χ4v) is 3.69. The number of aryl methyl sites for hydroxylation is 1. The van der Waals surface area contributed by atoms with Gasteiger partial charge in [-0.25, -0.2) is 0 Å². The summed E-state index contributed by atoms with van der Waals surface area (Å²) in [5, 5.41) is 7.22. The molecule has 1 aliphatic rings. The van der Waals surface area contributed by atoms with Gasteiger partial charge in [0.2, 0.25) is 11.8 Å². The number of hydrogen-bond donors (Lipinski definition) is 1. The van der Waals surface area contributed by atoms with Crippen LogP contribution >= 0.6 is 11.6 Å². The second kappa shape index (κ2) is 9.19. The molecule has 0 spiro atoms. The highest BCUT2D eigenvalue weighted by atomic mass is 35.5. The summed E-state index contributed by atoms with van der Waals surface area (Å²) in [7, 11) is 1.56. The van der Waals surface area contributed by atoms with Crippen LogP contribution in [0.5, 0.6) is 5.75 Å². The molecule has 1 aliphatic heterocycles. The molecule has 2 aromatic rings. The molecule has 1 aromatic carbocycles. The van der Waals surface area contributed by atoms with Crippen molar-refractivity contribution in [1.82, 2.24) is 15.0 Å². The topological polar surface area (TPSA) is 80.5 Å². The number of hydrogen-bond acceptors (Lipinski definition) is 6. The molecule has 1 N–H and O–H groups in total. The summed E-state index contributed by atoms with van der Waals surface area (Å²) < 4.78 is 10.3. The van der Waals surface area contributed by atoms with Crippen LogP contribution < -0.4 is 10.1 Å². The molecule has 0 radical (unpaired) electrons. The van der Waals surface area contributed by atoms with Crippen LogP contribution in [0, 0.1) is 12.8 Å². The smallest absolute Gasteiger partial charge is 0.240 e. The highest BCUT2D eigenvalue weighted by molar-refractivity contribution is 6.32. The third kappa shape index (κ3) is 5.68. The van der Waals surface area contributed by atoms with Gasteiger partial charge in [-0.05, 0) is 56.8 Å². The lowest BCUT2D eigenvalue weighted by molar-refractivity contribution is -0.116. The minimum Gasteiger partial charge on any atom is -0.495 e. The maximum atomic E-state index is 12.3. The van der Waals surface area contributed by atoms with Gasteiger partial charge in [0.15, 0.2) is 5.82 Å². The van der Waals surface area contributed by atoms with Crippen LogP contribution in [0.3, 0.4) is 0 Å². The van der Waals surface area contributed by atoms with Crippen LogP contribution in [0.25, 0.3) is 0 Å². The Morgan fingerprint density at radius 1 is 1.48 bits per heavy atom. The number of anilines is 1. The van der Waals surface area contributed by atoms with Crippen molar-refractivity contribution in [3.63, 3.8) is 0 Å². The zero-order valence-corrected chi connectivity index (χ0v) is 16.5. The van der Waals surface area contributed by atoms with E-state index in [0.29, 0.717) is 47.1 Å². The molecule has 2 heterocycles. The number of halogens is 1. The van der Waals surface area contributed by atoms with Crippen LogP contribution in [0.4, 0.5) is 5.69 Å². The standard InChI is InChI=1S/C19H25ClN4O3/c1-13-21-19(27-23-13)12-24-9-3-4-14(11-24)5-8-18(25)22-15-6-7-17(26-2)16(20)10-15/h6-7,10,14H,3-5,8-9,11-12H2,1-2H3,(H,22,25). The van der Waals surface area contributed by atoms with Crippen LogP contribution in [0.1, 0.15) is 37.4 Å². The van der Waals surface area contributed by atoms with E-state index in [2.05, 4.69) is 20.4 Å². The van der Waals surface area contributed by atoms with Crippen molar-refractivity contribution in [1.29, 1.82) is 0 Å². The number of carbonyl (C=O) groups is 1.